The van der Waals surface area contributed by atoms with Crippen LogP contribution in [0.3, 0.4) is 0 Å². The summed E-state index contributed by atoms with van der Waals surface area (Å²) in [5, 5.41) is 7.58. The van der Waals surface area contributed by atoms with E-state index >= 15 is 0 Å². The number of pyridine rings is 1. The monoisotopic (exact) mass is 798 g/mol. The molecule has 3 amide bonds. The fraction of sp³-hybridized carbons (Fsp3) is 0.354. The Morgan fingerprint density at radius 3 is 2.25 bits per heavy atom. The van der Waals surface area contributed by atoms with Gasteiger partial charge < -0.3 is 24.8 Å². The number of methoxy groups -OCH3 is 1. The van der Waals surface area contributed by atoms with Crippen molar-refractivity contribution < 1.29 is 33.4 Å². The fourth-order valence-corrected chi connectivity index (χ4v) is 7.15. The summed E-state index contributed by atoms with van der Waals surface area (Å²) in [6.45, 7) is 9.99. The van der Waals surface area contributed by atoms with Gasteiger partial charge >= 0.3 is 12.1 Å². The summed E-state index contributed by atoms with van der Waals surface area (Å²) >= 11 is 0. The number of nitrogens with zero attached hydrogens (tertiary/aromatic N) is 2. The third-order valence-corrected chi connectivity index (χ3v) is 10.4. The number of hydrogen-bond donors (Lipinski definition) is 2. The first kappa shape index (κ1) is 42.4. The average molecular weight is 799 g/mol. The van der Waals surface area contributed by atoms with Gasteiger partial charge in [-0.25, -0.2) is 9.78 Å². The van der Waals surface area contributed by atoms with Crippen molar-refractivity contribution in [2.24, 2.45) is 5.92 Å². The topological polar surface area (TPSA) is 136 Å². The molecule has 1 aliphatic rings. The molecule has 1 unspecified atom stereocenters. The first-order chi connectivity index (χ1) is 28.3. The van der Waals surface area contributed by atoms with Crippen LogP contribution >= 0.6 is 0 Å². The van der Waals surface area contributed by atoms with E-state index in [2.05, 4.69) is 28.6 Å². The average Bonchev–Trinajstić information content (AvgIpc) is 3.95. The number of esters is 1. The number of ether oxygens (including phenoxy) is 3. The van der Waals surface area contributed by atoms with Crippen molar-refractivity contribution in [3.8, 4) is 16.9 Å². The van der Waals surface area contributed by atoms with Gasteiger partial charge in [-0.2, -0.15) is 0 Å². The predicted molar refractivity (Wildman–Crippen MR) is 229 cm³/mol. The van der Waals surface area contributed by atoms with E-state index in [1.807, 2.05) is 104 Å². The Labute approximate surface area is 346 Å². The lowest BCUT2D eigenvalue weighted by Crippen LogP contribution is -2.40. The smallest absolute Gasteiger partial charge is 0.416 e. The van der Waals surface area contributed by atoms with Gasteiger partial charge in [0.2, 0.25) is 11.8 Å². The van der Waals surface area contributed by atoms with Gasteiger partial charge in [0, 0.05) is 24.5 Å². The molecule has 4 aromatic carbocycles. The molecule has 5 aromatic rings. The lowest BCUT2D eigenvalue weighted by atomic mass is 9.95. The highest BCUT2D eigenvalue weighted by Gasteiger charge is 2.35. The zero-order valence-electron chi connectivity index (χ0n) is 34.7. The maximum absolute atomic E-state index is 13.3. The SMILES string of the molecule is COC(=O)C[C@H](NC(=O)CNC(=O)CCCN(C(=O)OC(C)(C)C)c1cc(C)c([C@H]2CC2C)cn1)c1ccc(-c2ccc(OCc3ccccc3)c3ccccc23)cc1. The van der Waals surface area contributed by atoms with Crippen LogP contribution in [-0.4, -0.2) is 54.7 Å². The van der Waals surface area contributed by atoms with Crippen LogP contribution in [0.1, 0.15) is 87.6 Å². The minimum absolute atomic E-state index is 0.0606. The third-order valence-electron chi connectivity index (χ3n) is 10.4. The van der Waals surface area contributed by atoms with Gasteiger partial charge in [-0.05, 0) is 103 Å². The Kier molecular flexibility index (Phi) is 13.7. The van der Waals surface area contributed by atoms with Crippen molar-refractivity contribution in [1.29, 1.82) is 0 Å². The number of carbonyl (C=O) groups is 4. The Morgan fingerprint density at radius 1 is 0.898 bits per heavy atom. The molecule has 308 valence electrons. The Hall–Kier alpha value is -6.23. The molecule has 0 saturated heterocycles. The van der Waals surface area contributed by atoms with E-state index in [9.17, 15) is 19.2 Å². The highest BCUT2D eigenvalue weighted by atomic mass is 16.6. The minimum atomic E-state index is -0.716. The lowest BCUT2D eigenvalue weighted by molar-refractivity contribution is -0.141. The highest BCUT2D eigenvalue weighted by Crippen LogP contribution is 2.48. The zero-order chi connectivity index (χ0) is 42.1. The molecule has 59 heavy (non-hydrogen) atoms. The van der Waals surface area contributed by atoms with Crippen molar-refractivity contribution >= 4 is 40.5 Å². The van der Waals surface area contributed by atoms with Gasteiger partial charge in [0.25, 0.3) is 0 Å². The number of carbonyl (C=O) groups excluding carboxylic acids is 4. The standard InChI is InChI=1S/C48H54N4O7/c1-31-25-39(31)40-28-49-43(26-32(40)2)52(47(56)59-48(3,4)5)24-12-17-44(53)50-29-45(54)51-41(27-46(55)57-6)35-20-18-34(19-21-35)36-22-23-42(38-16-11-10-15-37(36)38)58-30-33-13-8-7-9-14-33/h7-11,13-16,18-23,26,28,31,39,41H,12,17,24-25,27,29-30H2,1-6H3,(H,50,53)(H,51,54)/t31?,39-,41-/m0/s1. The molecule has 1 aliphatic carbocycles. The van der Waals surface area contributed by atoms with Gasteiger partial charge in [0.1, 0.15) is 23.8 Å². The molecular weight excluding hydrogens is 745 g/mol. The van der Waals surface area contributed by atoms with Crippen molar-refractivity contribution in [2.45, 2.75) is 84.5 Å². The minimum Gasteiger partial charge on any atom is -0.488 e. The van der Waals surface area contributed by atoms with Crippen LogP contribution in [0.4, 0.5) is 10.6 Å². The lowest BCUT2D eigenvalue weighted by Gasteiger charge is -2.27. The van der Waals surface area contributed by atoms with Crippen molar-refractivity contribution in [3.05, 3.63) is 126 Å². The number of benzene rings is 4. The van der Waals surface area contributed by atoms with Gasteiger partial charge in [-0.15, -0.1) is 0 Å². The molecule has 1 heterocycles. The van der Waals surface area contributed by atoms with Gasteiger partial charge in [0.15, 0.2) is 0 Å². The van der Waals surface area contributed by atoms with E-state index in [4.69, 9.17) is 14.2 Å². The summed E-state index contributed by atoms with van der Waals surface area (Å²) in [5.41, 5.74) is 5.29. The van der Waals surface area contributed by atoms with E-state index in [1.54, 1.807) is 20.8 Å². The van der Waals surface area contributed by atoms with Crippen molar-refractivity contribution in [2.75, 3.05) is 25.1 Å². The maximum Gasteiger partial charge on any atom is 0.416 e. The first-order valence-electron chi connectivity index (χ1n) is 20.2. The van der Waals surface area contributed by atoms with E-state index < -0.39 is 29.6 Å². The zero-order valence-corrected chi connectivity index (χ0v) is 34.7. The molecule has 2 N–H and O–H groups in total. The summed E-state index contributed by atoms with van der Waals surface area (Å²) in [5.74, 6) is 1.06. The quantitative estimate of drug-likeness (QED) is 0.0945. The normalized spacial score (nSPS) is 15.2. The second-order valence-corrected chi connectivity index (χ2v) is 16.2. The number of fused-ring (bicyclic) bond motifs is 1. The number of aromatic nitrogens is 1. The second kappa shape index (κ2) is 19.0. The van der Waals surface area contributed by atoms with Crippen LogP contribution in [0.15, 0.2) is 103 Å². The number of aryl methyl sites for hydroxylation is 1. The van der Waals surface area contributed by atoms with Gasteiger partial charge in [-0.1, -0.05) is 91.9 Å². The van der Waals surface area contributed by atoms with Crippen LogP contribution in [0.25, 0.3) is 21.9 Å². The predicted octanol–water partition coefficient (Wildman–Crippen LogP) is 8.97. The number of hydrogen-bond acceptors (Lipinski definition) is 8. The van der Waals surface area contributed by atoms with Crippen LogP contribution in [0.5, 0.6) is 5.75 Å². The molecule has 11 heteroatoms. The van der Waals surface area contributed by atoms with Gasteiger partial charge in [-0.3, -0.25) is 19.3 Å². The second-order valence-electron chi connectivity index (χ2n) is 16.2. The third kappa shape index (κ3) is 11.5. The number of amides is 3. The largest absolute Gasteiger partial charge is 0.488 e. The van der Waals surface area contributed by atoms with Crippen molar-refractivity contribution in [1.82, 2.24) is 15.6 Å². The Morgan fingerprint density at radius 2 is 1.59 bits per heavy atom. The van der Waals surface area contributed by atoms with Gasteiger partial charge in [0.05, 0.1) is 26.1 Å². The van der Waals surface area contributed by atoms with E-state index in [1.165, 1.54) is 17.6 Å². The molecule has 0 bridgehead atoms. The summed E-state index contributed by atoms with van der Waals surface area (Å²) < 4.78 is 16.8. The van der Waals surface area contributed by atoms with Crippen LogP contribution in [-0.2, 0) is 30.5 Å². The molecule has 0 radical (unpaired) electrons. The first-order valence-corrected chi connectivity index (χ1v) is 20.2. The fourth-order valence-electron chi connectivity index (χ4n) is 7.15. The Balaban J connectivity index is 1.06. The van der Waals surface area contributed by atoms with Crippen LogP contribution in [0, 0.1) is 12.8 Å². The summed E-state index contributed by atoms with van der Waals surface area (Å²) in [4.78, 5) is 57.8. The van der Waals surface area contributed by atoms with E-state index in [0.717, 1.165) is 45.2 Å². The van der Waals surface area contributed by atoms with Crippen LogP contribution < -0.4 is 20.3 Å². The maximum atomic E-state index is 13.3. The Bertz CT molecular complexity index is 2270. The molecule has 1 aromatic heterocycles. The molecule has 0 aliphatic heterocycles. The molecule has 11 nitrogen and oxygen atoms in total. The van der Waals surface area contributed by atoms with E-state index in [-0.39, 0.29) is 31.8 Å². The molecule has 6 rings (SSSR count). The summed E-state index contributed by atoms with van der Waals surface area (Å²) in [6.07, 6.45) is 2.70. The molecule has 1 saturated carbocycles. The molecule has 3 atom stereocenters. The highest BCUT2D eigenvalue weighted by molar-refractivity contribution is 6.00. The molecule has 1 fully saturated rings. The summed E-state index contributed by atoms with van der Waals surface area (Å²) in [7, 11) is 1.30. The summed E-state index contributed by atoms with van der Waals surface area (Å²) in [6, 6.07) is 31.0. The number of nitrogens with one attached hydrogen (secondary N) is 2. The van der Waals surface area contributed by atoms with E-state index in [0.29, 0.717) is 36.2 Å². The molecular formula is C48H54N4O7. The van der Waals surface area contributed by atoms with Crippen molar-refractivity contribution in [3.63, 3.8) is 0 Å². The number of rotatable bonds is 16. The molecule has 0 spiro atoms. The number of anilines is 1. The van der Waals surface area contributed by atoms with Crippen LogP contribution in [0.2, 0.25) is 0 Å².